The number of benzene rings is 1. The molecule has 3 nitrogen and oxygen atoms in total. The van der Waals surface area contributed by atoms with Gasteiger partial charge in [-0.05, 0) is 53.4 Å². The smallest absolute Gasteiger partial charge is 0.163 e. The Balaban J connectivity index is 1.48. The topological polar surface area (TPSA) is 30.5 Å². The molecule has 0 amide bonds. The van der Waals surface area contributed by atoms with Crippen LogP contribution in [-0.4, -0.2) is 19.3 Å². The molecule has 0 bridgehead atoms. The second-order valence-electron chi connectivity index (χ2n) is 6.58. The highest BCUT2D eigenvalue weighted by molar-refractivity contribution is 9.10. The van der Waals surface area contributed by atoms with Crippen molar-refractivity contribution in [1.29, 1.82) is 0 Å². The van der Waals surface area contributed by atoms with Crippen molar-refractivity contribution in [2.24, 2.45) is 11.8 Å². The standard InChI is InChI=1S/C17H22BrNO2/c18-14-9-16-17(21-7-6-20-16)10-15(14)19-13-3-1-2-12(8-13)11-4-5-11/h9-13,19H,1-8H2. The molecule has 4 heteroatoms. The molecule has 21 heavy (non-hydrogen) atoms. The van der Waals surface area contributed by atoms with Crippen molar-refractivity contribution in [2.75, 3.05) is 18.5 Å². The SMILES string of the molecule is Brc1cc2c(cc1NC1CCCC(C3CC3)C1)OCCO2. The quantitative estimate of drug-likeness (QED) is 0.862. The molecular formula is C17H22BrNO2. The molecule has 114 valence electrons. The van der Waals surface area contributed by atoms with E-state index in [1.165, 1.54) is 38.5 Å². The lowest BCUT2D eigenvalue weighted by Gasteiger charge is -2.31. The maximum atomic E-state index is 5.69. The number of halogens is 1. The zero-order valence-electron chi connectivity index (χ0n) is 12.2. The summed E-state index contributed by atoms with van der Waals surface area (Å²) in [6.07, 6.45) is 8.33. The van der Waals surface area contributed by atoms with Gasteiger partial charge in [0.2, 0.25) is 0 Å². The van der Waals surface area contributed by atoms with Gasteiger partial charge in [-0.15, -0.1) is 0 Å². The molecule has 0 saturated heterocycles. The van der Waals surface area contributed by atoms with E-state index in [2.05, 4.69) is 27.3 Å². The molecule has 2 unspecified atom stereocenters. The summed E-state index contributed by atoms with van der Waals surface area (Å²) in [5.74, 6) is 3.69. The molecule has 2 aliphatic carbocycles. The number of rotatable bonds is 3. The van der Waals surface area contributed by atoms with E-state index in [-0.39, 0.29) is 0 Å². The molecule has 0 radical (unpaired) electrons. The highest BCUT2D eigenvalue weighted by Crippen LogP contribution is 2.45. The van der Waals surface area contributed by atoms with Gasteiger partial charge >= 0.3 is 0 Å². The first-order valence-corrected chi connectivity index (χ1v) is 8.94. The minimum atomic E-state index is 0.600. The van der Waals surface area contributed by atoms with Crippen LogP contribution in [0.2, 0.25) is 0 Å². The Morgan fingerprint density at radius 3 is 2.48 bits per heavy atom. The Hall–Kier alpha value is -0.900. The summed E-state index contributed by atoms with van der Waals surface area (Å²) in [5, 5.41) is 3.73. The van der Waals surface area contributed by atoms with Crippen LogP contribution < -0.4 is 14.8 Å². The molecule has 0 spiro atoms. The van der Waals surface area contributed by atoms with Crippen molar-refractivity contribution in [3.63, 3.8) is 0 Å². The van der Waals surface area contributed by atoms with Gasteiger partial charge in [0, 0.05) is 22.6 Å². The molecule has 1 aromatic rings. The zero-order chi connectivity index (χ0) is 14.2. The molecule has 3 aliphatic rings. The monoisotopic (exact) mass is 351 g/mol. The molecule has 1 heterocycles. The van der Waals surface area contributed by atoms with Crippen LogP contribution in [0.3, 0.4) is 0 Å². The summed E-state index contributed by atoms with van der Waals surface area (Å²) in [7, 11) is 0. The fraction of sp³-hybridized carbons (Fsp3) is 0.647. The summed E-state index contributed by atoms with van der Waals surface area (Å²) in [4.78, 5) is 0. The summed E-state index contributed by atoms with van der Waals surface area (Å²) in [6, 6.07) is 4.71. The normalized spacial score (nSPS) is 28.2. The summed E-state index contributed by atoms with van der Waals surface area (Å²) >= 11 is 3.66. The van der Waals surface area contributed by atoms with Crippen molar-refractivity contribution < 1.29 is 9.47 Å². The van der Waals surface area contributed by atoms with Crippen molar-refractivity contribution in [3.8, 4) is 11.5 Å². The Morgan fingerprint density at radius 2 is 1.71 bits per heavy atom. The highest BCUT2D eigenvalue weighted by atomic mass is 79.9. The van der Waals surface area contributed by atoms with Crippen LogP contribution in [0.1, 0.15) is 38.5 Å². The van der Waals surface area contributed by atoms with Crippen LogP contribution in [0.5, 0.6) is 11.5 Å². The van der Waals surface area contributed by atoms with E-state index in [1.54, 1.807) is 0 Å². The first-order valence-electron chi connectivity index (χ1n) is 8.15. The van der Waals surface area contributed by atoms with Gasteiger partial charge in [-0.2, -0.15) is 0 Å². The largest absolute Gasteiger partial charge is 0.486 e. The molecular weight excluding hydrogens is 330 g/mol. The Bertz CT molecular complexity index is 530. The van der Waals surface area contributed by atoms with E-state index in [0.717, 1.165) is 33.5 Å². The van der Waals surface area contributed by atoms with Crippen molar-refractivity contribution >= 4 is 21.6 Å². The summed E-state index contributed by atoms with van der Waals surface area (Å²) in [5.41, 5.74) is 1.14. The third-order valence-electron chi connectivity index (χ3n) is 4.99. The van der Waals surface area contributed by atoms with E-state index >= 15 is 0 Å². The maximum absolute atomic E-state index is 5.69. The highest BCUT2D eigenvalue weighted by Gasteiger charge is 2.34. The lowest BCUT2D eigenvalue weighted by atomic mass is 9.82. The van der Waals surface area contributed by atoms with Gasteiger partial charge in [-0.1, -0.05) is 12.8 Å². The number of ether oxygens (including phenoxy) is 2. The number of nitrogens with one attached hydrogen (secondary N) is 1. The predicted octanol–water partition coefficient (Wildman–Crippen LogP) is 4.60. The first-order chi connectivity index (χ1) is 10.3. The summed E-state index contributed by atoms with van der Waals surface area (Å²) in [6.45, 7) is 1.28. The number of hydrogen-bond acceptors (Lipinski definition) is 3. The van der Waals surface area contributed by atoms with Gasteiger partial charge < -0.3 is 14.8 Å². The van der Waals surface area contributed by atoms with E-state index in [9.17, 15) is 0 Å². The van der Waals surface area contributed by atoms with E-state index < -0.39 is 0 Å². The first kappa shape index (κ1) is 13.7. The van der Waals surface area contributed by atoms with Crippen molar-refractivity contribution in [2.45, 2.75) is 44.6 Å². The van der Waals surface area contributed by atoms with Crippen molar-refractivity contribution in [1.82, 2.24) is 0 Å². The Kier molecular flexibility index (Phi) is 3.74. The molecule has 2 saturated carbocycles. The molecule has 1 N–H and O–H groups in total. The maximum Gasteiger partial charge on any atom is 0.163 e. The van der Waals surface area contributed by atoms with Gasteiger partial charge in [0.1, 0.15) is 13.2 Å². The van der Waals surface area contributed by atoms with Gasteiger partial charge in [0.25, 0.3) is 0 Å². The molecule has 4 rings (SSSR count). The van der Waals surface area contributed by atoms with Crippen molar-refractivity contribution in [3.05, 3.63) is 16.6 Å². The predicted molar refractivity (Wildman–Crippen MR) is 87.2 cm³/mol. The number of anilines is 1. The third kappa shape index (κ3) is 3.01. The van der Waals surface area contributed by atoms with E-state index in [4.69, 9.17) is 9.47 Å². The Labute approximate surface area is 134 Å². The molecule has 0 aromatic heterocycles. The van der Waals surface area contributed by atoms with Gasteiger partial charge in [0.15, 0.2) is 11.5 Å². The zero-order valence-corrected chi connectivity index (χ0v) is 13.8. The lowest BCUT2D eigenvalue weighted by molar-refractivity contribution is 0.171. The minimum absolute atomic E-state index is 0.600. The fourth-order valence-corrected chi connectivity index (χ4v) is 4.19. The number of hydrogen-bond donors (Lipinski definition) is 1. The average molecular weight is 352 g/mol. The second kappa shape index (κ2) is 5.71. The molecule has 1 aliphatic heterocycles. The fourth-order valence-electron chi connectivity index (χ4n) is 3.75. The van der Waals surface area contributed by atoms with Gasteiger partial charge in [0.05, 0.1) is 5.69 Å². The van der Waals surface area contributed by atoms with E-state index in [0.29, 0.717) is 19.3 Å². The lowest BCUT2D eigenvalue weighted by Crippen LogP contribution is -2.28. The molecule has 2 atom stereocenters. The van der Waals surface area contributed by atoms with Gasteiger partial charge in [-0.25, -0.2) is 0 Å². The Morgan fingerprint density at radius 1 is 0.952 bits per heavy atom. The number of fused-ring (bicyclic) bond motifs is 1. The van der Waals surface area contributed by atoms with Crippen LogP contribution in [0.4, 0.5) is 5.69 Å². The van der Waals surface area contributed by atoms with Crippen LogP contribution in [0.15, 0.2) is 16.6 Å². The van der Waals surface area contributed by atoms with E-state index in [1.807, 2.05) is 6.07 Å². The average Bonchev–Trinajstić information content (AvgIpc) is 3.33. The van der Waals surface area contributed by atoms with Crippen LogP contribution in [-0.2, 0) is 0 Å². The minimum Gasteiger partial charge on any atom is -0.486 e. The molecule has 1 aromatic carbocycles. The van der Waals surface area contributed by atoms with Gasteiger partial charge in [-0.3, -0.25) is 0 Å². The third-order valence-corrected chi connectivity index (χ3v) is 5.65. The summed E-state index contributed by atoms with van der Waals surface area (Å²) < 4.78 is 12.4. The molecule has 2 fully saturated rings. The second-order valence-corrected chi connectivity index (χ2v) is 7.44. The van der Waals surface area contributed by atoms with Crippen LogP contribution in [0.25, 0.3) is 0 Å². The van der Waals surface area contributed by atoms with Crippen LogP contribution >= 0.6 is 15.9 Å². The van der Waals surface area contributed by atoms with Crippen LogP contribution in [0, 0.1) is 11.8 Å².